The van der Waals surface area contributed by atoms with Gasteiger partial charge in [-0.15, -0.1) is 0 Å². The molecular formula is C16H22BrNO6S2. The number of unbranched alkanes of at least 4 members (excludes halogenated alkanes) is 2. The molecule has 1 aliphatic rings. The molecule has 0 spiro atoms. The van der Waals surface area contributed by atoms with Crippen molar-refractivity contribution in [1.82, 2.24) is 4.31 Å². The summed E-state index contributed by atoms with van der Waals surface area (Å²) in [5.74, 6) is -1.06. The third-order valence-corrected chi connectivity index (χ3v) is 8.55. The number of nitrogens with zero attached hydrogens (tertiary/aromatic N) is 1. The maximum Gasteiger partial charge on any atom is 0.303 e. The Kier molecular flexibility index (Phi) is 7.23. The summed E-state index contributed by atoms with van der Waals surface area (Å²) in [6, 6.07) is 5.65. The molecule has 0 saturated carbocycles. The van der Waals surface area contributed by atoms with Crippen molar-refractivity contribution in [1.29, 1.82) is 0 Å². The Morgan fingerprint density at radius 3 is 2.38 bits per heavy atom. The van der Waals surface area contributed by atoms with E-state index in [0.717, 1.165) is 4.47 Å². The molecule has 1 aliphatic heterocycles. The predicted molar refractivity (Wildman–Crippen MR) is 101 cm³/mol. The molecule has 1 aromatic carbocycles. The molecule has 7 nitrogen and oxygen atoms in total. The van der Waals surface area contributed by atoms with Crippen molar-refractivity contribution in [3.05, 3.63) is 28.7 Å². The van der Waals surface area contributed by atoms with Gasteiger partial charge in [-0.1, -0.05) is 22.4 Å². The van der Waals surface area contributed by atoms with Gasteiger partial charge in [-0.3, -0.25) is 4.79 Å². The van der Waals surface area contributed by atoms with E-state index in [1.54, 1.807) is 12.1 Å². The van der Waals surface area contributed by atoms with Gasteiger partial charge in [0.2, 0.25) is 10.0 Å². The van der Waals surface area contributed by atoms with Crippen LogP contribution in [0.25, 0.3) is 0 Å². The van der Waals surface area contributed by atoms with Crippen LogP contribution in [0.5, 0.6) is 0 Å². The number of rotatable bonds is 9. The first-order valence-corrected chi connectivity index (χ1v) is 12.4. The van der Waals surface area contributed by atoms with Crippen molar-refractivity contribution < 1.29 is 26.7 Å². The largest absolute Gasteiger partial charge is 0.481 e. The number of benzene rings is 1. The first-order chi connectivity index (χ1) is 12.1. The topological polar surface area (TPSA) is 109 Å². The molecule has 1 atom stereocenters. The van der Waals surface area contributed by atoms with Gasteiger partial charge in [0.05, 0.1) is 16.4 Å². The standard InChI is InChI=1S/C16H22BrNO6S2/c17-13-5-7-15(8-6-13)26(23,24)18(10-3-1-2-4-16(19)20)14-9-11-25(21,22)12-14/h5-8,14H,1-4,9-12H2,(H,19,20)/t14-/m0/s1. The van der Waals surface area contributed by atoms with E-state index < -0.39 is 31.9 Å². The second-order valence-corrected chi connectivity index (χ2v) is 11.4. The van der Waals surface area contributed by atoms with E-state index in [1.165, 1.54) is 16.4 Å². The van der Waals surface area contributed by atoms with Crippen LogP contribution in [0.4, 0.5) is 0 Å². The van der Waals surface area contributed by atoms with Crippen LogP contribution < -0.4 is 0 Å². The highest BCUT2D eigenvalue weighted by molar-refractivity contribution is 9.10. The lowest BCUT2D eigenvalue weighted by Gasteiger charge is -2.27. The fraction of sp³-hybridized carbons (Fsp3) is 0.562. The van der Waals surface area contributed by atoms with Gasteiger partial charge < -0.3 is 5.11 Å². The molecule has 10 heteroatoms. The maximum atomic E-state index is 13.0. The van der Waals surface area contributed by atoms with Crippen LogP contribution in [0, 0.1) is 0 Å². The number of aliphatic carboxylic acids is 1. The first kappa shape index (κ1) is 21.3. The lowest BCUT2D eigenvalue weighted by atomic mass is 10.2. The van der Waals surface area contributed by atoms with Crippen molar-refractivity contribution >= 4 is 41.8 Å². The van der Waals surface area contributed by atoms with Crippen molar-refractivity contribution in [2.75, 3.05) is 18.1 Å². The number of sulfonamides is 1. The summed E-state index contributed by atoms with van der Waals surface area (Å²) in [5.41, 5.74) is 0. The minimum atomic E-state index is -3.82. The smallest absolute Gasteiger partial charge is 0.303 e. The van der Waals surface area contributed by atoms with Crippen LogP contribution >= 0.6 is 15.9 Å². The summed E-state index contributed by atoms with van der Waals surface area (Å²) in [6.07, 6.45) is 1.84. The molecule has 1 heterocycles. The second kappa shape index (κ2) is 8.81. The zero-order valence-electron chi connectivity index (χ0n) is 14.2. The zero-order valence-corrected chi connectivity index (χ0v) is 17.4. The Hall–Kier alpha value is -0.970. The zero-order chi connectivity index (χ0) is 19.4. The van der Waals surface area contributed by atoms with E-state index >= 15 is 0 Å². The van der Waals surface area contributed by atoms with Crippen molar-refractivity contribution in [2.45, 2.75) is 43.0 Å². The van der Waals surface area contributed by atoms with Crippen molar-refractivity contribution in [3.8, 4) is 0 Å². The van der Waals surface area contributed by atoms with E-state index in [4.69, 9.17) is 5.11 Å². The third-order valence-electron chi connectivity index (χ3n) is 4.31. The molecule has 2 rings (SSSR count). The SMILES string of the molecule is O=C(O)CCCCCN([C@H]1CCS(=O)(=O)C1)S(=O)(=O)c1ccc(Br)cc1. The molecule has 0 radical (unpaired) electrons. The van der Waals surface area contributed by atoms with Gasteiger partial charge in [0.15, 0.2) is 9.84 Å². The normalized spacial score (nSPS) is 19.7. The lowest BCUT2D eigenvalue weighted by Crippen LogP contribution is -2.41. The molecule has 146 valence electrons. The number of sulfone groups is 1. The summed E-state index contributed by atoms with van der Waals surface area (Å²) >= 11 is 3.27. The number of carbonyl (C=O) groups is 1. The molecule has 1 N–H and O–H groups in total. The highest BCUT2D eigenvalue weighted by atomic mass is 79.9. The third kappa shape index (κ3) is 5.77. The van der Waals surface area contributed by atoms with Gasteiger partial charge in [-0.25, -0.2) is 16.8 Å². The average Bonchev–Trinajstić information content (AvgIpc) is 2.90. The number of carboxylic acid groups (broad SMARTS) is 1. The first-order valence-electron chi connectivity index (χ1n) is 8.31. The molecule has 0 unspecified atom stereocenters. The highest BCUT2D eigenvalue weighted by Gasteiger charge is 2.38. The summed E-state index contributed by atoms with van der Waals surface area (Å²) < 4.78 is 51.7. The maximum absolute atomic E-state index is 13.0. The van der Waals surface area contributed by atoms with Crippen LogP contribution in [0.2, 0.25) is 0 Å². The lowest BCUT2D eigenvalue weighted by molar-refractivity contribution is -0.137. The molecule has 26 heavy (non-hydrogen) atoms. The van der Waals surface area contributed by atoms with Gasteiger partial charge in [0, 0.05) is 23.5 Å². The monoisotopic (exact) mass is 467 g/mol. The van der Waals surface area contributed by atoms with E-state index in [1.807, 2.05) is 0 Å². The summed E-state index contributed by atoms with van der Waals surface area (Å²) in [7, 11) is -7.05. The van der Waals surface area contributed by atoms with Gasteiger partial charge in [-0.05, 0) is 43.5 Å². The van der Waals surface area contributed by atoms with E-state index in [0.29, 0.717) is 19.3 Å². The molecule has 0 bridgehead atoms. The fourth-order valence-corrected chi connectivity index (χ4v) is 6.75. The van der Waals surface area contributed by atoms with Crippen LogP contribution in [0.3, 0.4) is 0 Å². The molecule has 1 saturated heterocycles. The quantitative estimate of drug-likeness (QED) is 0.557. The molecule has 0 aromatic heterocycles. The summed E-state index contributed by atoms with van der Waals surface area (Å²) in [6.45, 7) is 0.179. The highest BCUT2D eigenvalue weighted by Crippen LogP contribution is 2.26. The van der Waals surface area contributed by atoms with Crippen LogP contribution in [-0.4, -0.2) is 56.3 Å². The van der Waals surface area contributed by atoms with E-state index in [-0.39, 0.29) is 35.8 Å². The van der Waals surface area contributed by atoms with E-state index in [2.05, 4.69) is 15.9 Å². The second-order valence-electron chi connectivity index (χ2n) is 6.33. The predicted octanol–water partition coefficient (Wildman–Crippen LogP) is 2.27. The number of hydrogen-bond donors (Lipinski definition) is 1. The van der Waals surface area contributed by atoms with Gasteiger partial charge in [0.25, 0.3) is 0 Å². The van der Waals surface area contributed by atoms with Crippen molar-refractivity contribution in [2.24, 2.45) is 0 Å². The Balaban J connectivity index is 2.16. The molecule has 0 aliphatic carbocycles. The van der Waals surface area contributed by atoms with Crippen LogP contribution in [-0.2, 0) is 24.7 Å². The Morgan fingerprint density at radius 2 is 1.85 bits per heavy atom. The minimum absolute atomic E-state index is 0.0109. The Morgan fingerprint density at radius 1 is 1.19 bits per heavy atom. The molecule has 1 fully saturated rings. The number of hydrogen-bond acceptors (Lipinski definition) is 5. The Labute approximate surface area is 162 Å². The summed E-state index contributed by atoms with van der Waals surface area (Å²) in [4.78, 5) is 10.7. The summed E-state index contributed by atoms with van der Waals surface area (Å²) in [5, 5.41) is 8.68. The molecular weight excluding hydrogens is 446 g/mol. The fourth-order valence-electron chi connectivity index (χ4n) is 2.96. The minimum Gasteiger partial charge on any atom is -0.481 e. The number of halogens is 1. The van der Waals surface area contributed by atoms with E-state index in [9.17, 15) is 21.6 Å². The molecule has 1 aromatic rings. The van der Waals surface area contributed by atoms with Gasteiger partial charge >= 0.3 is 5.97 Å². The van der Waals surface area contributed by atoms with Gasteiger partial charge in [-0.2, -0.15) is 4.31 Å². The number of carboxylic acids is 1. The average molecular weight is 468 g/mol. The van der Waals surface area contributed by atoms with Crippen LogP contribution in [0.1, 0.15) is 32.1 Å². The Bertz CT molecular complexity index is 836. The van der Waals surface area contributed by atoms with Crippen LogP contribution in [0.15, 0.2) is 33.6 Å². The molecule has 0 amide bonds. The van der Waals surface area contributed by atoms with Crippen molar-refractivity contribution in [3.63, 3.8) is 0 Å². The van der Waals surface area contributed by atoms with Gasteiger partial charge in [0.1, 0.15) is 0 Å².